The molecule has 2 aliphatic rings. The maximum Gasteiger partial charge on any atom is 0.0733 e. The smallest absolute Gasteiger partial charge is 0.0733 e. The highest BCUT2D eigenvalue weighted by Crippen LogP contribution is 2.34. The van der Waals surface area contributed by atoms with Gasteiger partial charge in [-0.15, -0.1) is 0 Å². The van der Waals surface area contributed by atoms with E-state index in [4.69, 9.17) is 9.84 Å². The minimum atomic E-state index is 0.314. The zero-order valence-corrected chi connectivity index (χ0v) is 8.04. The zero-order chi connectivity index (χ0) is 9.10. The third-order valence-corrected chi connectivity index (χ3v) is 3.10. The Kier molecular flexibility index (Phi) is 3.19. The van der Waals surface area contributed by atoms with Crippen molar-refractivity contribution in [3.8, 4) is 0 Å². The van der Waals surface area contributed by atoms with Crippen molar-refractivity contribution in [2.45, 2.75) is 50.4 Å². The van der Waals surface area contributed by atoms with E-state index in [2.05, 4.69) is 5.32 Å². The summed E-state index contributed by atoms with van der Waals surface area (Å²) in [6.07, 6.45) is 6.71. The molecule has 2 aliphatic heterocycles. The fourth-order valence-corrected chi connectivity index (χ4v) is 2.38. The van der Waals surface area contributed by atoms with Crippen molar-refractivity contribution in [1.82, 2.24) is 5.32 Å². The molecule has 0 spiro atoms. The predicted molar refractivity (Wildman–Crippen MR) is 50.6 cm³/mol. The van der Waals surface area contributed by atoms with Crippen LogP contribution in [0.2, 0.25) is 0 Å². The topological polar surface area (TPSA) is 41.5 Å². The molecule has 2 bridgehead atoms. The Balaban J connectivity index is 1.60. The van der Waals surface area contributed by atoms with Gasteiger partial charge in [-0.2, -0.15) is 0 Å². The molecular formula is C10H19NO2. The summed E-state index contributed by atoms with van der Waals surface area (Å²) in [6, 6.07) is 0.595. The Morgan fingerprint density at radius 3 is 2.85 bits per heavy atom. The van der Waals surface area contributed by atoms with Gasteiger partial charge in [-0.3, -0.25) is 0 Å². The van der Waals surface area contributed by atoms with Crippen molar-refractivity contribution in [2.75, 3.05) is 13.2 Å². The number of fused-ring (bicyclic) bond motifs is 2. The number of aliphatic hydroxyl groups is 1. The summed E-state index contributed by atoms with van der Waals surface area (Å²) in [5.41, 5.74) is 0. The van der Waals surface area contributed by atoms with E-state index in [-0.39, 0.29) is 0 Å². The molecule has 76 valence electrons. The first-order chi connectivity index (χ1) is 6.40. The summed E-state index contributed by atoms with van der Waals surface area (Å²) in [5, 5.41) is 12.1. The number of hydrogen-bond donors (Lipinski definition) is 2. The van der Waals surface area contributed by atoms with Gasteiger partial charge in [0.25, 0.3) is 0 Å². The van der Waals surface area contributed by atoms with Gasteiger partial charge in [-0.25, -0.2) is 0 Å². The summed E-state index contributed by atoms with van der Waals surface area (Å²) < 4.78 is 5.73. The van der Waals surface area contributed by atoms with Gasteiger partial charge in [-0.1, -0.05) is 0 Å². The Morgan fingerprint density at radius 1 is 1.31 bits per heavy atom. The van der Waals surface area contributed by atoms with Crippen molar-refractivity contribution in [2.24, 2.45) is 0 Å². The Labute approximate surface area is 79.5 Å². The van der Waals surface area contributed by atoms with E-state index in [1.165, 1.54) is 19.3 Å². The van der Waals surface area contributed by atoms with Crippen LogP contribution in [0, 0.1) is 0 Å². The lowest BCUT2D eigenvalue weighted by molar-refractivity contribution is 0.0974. The standard InChI is InChI=1S/C10H19NO2/c12-6-2-1-5-11-9-7-8-3-4-10(9)13-8/h8-12H,1-7H2. The van der Waals surface area contributed by atoms with Crippen LogP contribution < -0.4 is 5.32 Å². The van der Waals surface area contributed by atoms with Crippen molar-refractivity contribution < 1.29 is 9.84 Å². The maximum atomic E-state index is 8.61. The lowest BCUT2D eigenvalue weighted by Crippen LogP contribution is -2.38. The van der Waals surface area contributed by atoms with Crippen LogP contribution in [0.15, 0.2) is 0 Å². The minimum absolute atomic E-state index is 0.314. The first kappa shape index (κ1) is 9.44. The molecular weight excluding hydrogens is 166 g/mol. The average molecular weight is 185 g/mol. The molecule has 0 aromatic carbocycles. The van der Waals surface area contributed by atoms with Crippen molar-refractivity contribution in [3.05, 3.63) is 0 Å². The lowest BCUT2D eigenvalue weighted by atomic mass is 9.95. The Bertz CT molecular complexity index is 163. The molecule has 2 saturated heterocycles. The number of unbranched alkanes of at least 4 members (excludes halogenated alkanes) is 1. The van der Waals surface area contributed by atoms with E-state index in [1.807, 2.05) is 0 Å². The van der Waals surface area contributed by atoms with Crippen LogP contribution in [0.1, 0.15) is 32.1 Å². The van der Waals surface area contributed by atoms with Crippen LogP contribution in [0.5, 0.6) is 0 Å². The van der Waals surface area contributed by atoms with E-state index in [9.17, 15) is 0 Å². The number of hydrogen-bond acceptors (Lipinski definition) is 3. The molecule has 0 aromatic heterocycles. The number of ether oxygens (including phenoxy) is 1. The second-order valence-corrected chi connectivity index (χ2v) is 4.10. The summed E-state index contributed by atoms with van der Waals surface area (Å²) >= 11 is 0. The summed E-state index contributed by atoms with van der Waals surface area (Å²) in [4.78, 5) is 0. The van der Waals surface area contributed by atoms with Crippen LogP contribution in [-0.2, 0) is 4.74 Å². The molecule has 3 atom stereocenters. The van der Waals surface area contributed by atoms with Crippen LogP contribution >= 0.6 is 0 Å². The fraction of sp³-hybridized carbons (Fsp3) is 1.00. The molecule has 3 nitrogen and oxygen atoms in total. The Morgan fingerprint density at radius 2 is 2.23 bits per heavy atom. The summed E-state index contributed by atoms with van der Waals surface area (Å²) in [6.45, 7) is 1.34. The SMILES string of the molecule is OCCCCNC1CC2CCC1O2. The highest BCUT2D eigenvalue weighted by atomic mass is 16.5. The third-order valence-electron chi connectivity index (χ3n) is 3.10. The van der Waals surface area contributed by atoms with Gasteiger partial charge >= 0.3 is 0 Å². The minimum Gasteiger partial charge on any atom is -0.396 e. The third kappa shape index (κ3) is 2.22. The Hall–Kier alpha value is -0.120. The normalized spacial score (nSPS) is 37.2. The number of nitrogens with one attached hydrogen (secondary N) is 1. The number of rotatable bonds is 5. The van der Waals surface area contributed by atoms with Gasteiger partial charge in [0.15, 0.2) is 0 Å². The van der Waals surface area contributed by atoms with E-state index in [1.54, 1.807) is 0 Å². The highest BCUT2D eigenvalue weighted by molar-refractivity contribution is 4.93. The summed E-state index contributed by atoms with van der Waals surface area (Å²) in [5.74, 6) is 0. The first-order valence-electron chi connectivity index (χ1n) is 5.40. The zero-order valence-electron chi connectivity index (χ0n) is 8.04. The monoisotopic (exact) mass is 185 g/mol. The van der Waals surface area contributed by atoms with Crippen LogP contribution in [0.25, 0.3) is 0 Å². The molecule has 3 unspecified atom stereocenters. The quantitative estimate of drug-likeness (QED) is 0.618. The summed E-state index contributed by atoms with van der Waals surface area (Å²) in [7, 11) is 0. The predicted octanol–water partition coefficient (Wildman–Crippen LogP) is 0.668. The molecule has 2 rings (SSSR count). The molecule has 0 aromatic rings. The van der Waals surface area contributed by atoms with Crippen molar-refractivity contribution >= 4 is 0 Å². The maximum absolute atomic E-state index is 8.61. The molecule has 2 fully saturated rings. The van der Waals surface area contributed by atoms with Crippen LogP contribution in [0.3, 0.4) is 0 Å². The lowest BCUT2D eigenvalue weighted by Gasteiger charge is -2.19. The van der Waals surface area contributed by atoms with Crippen molar-refractivity contribution in [1.29, 1.82) is 0 Å². The second kappa shape index (κ2) is 4.40. The van der Waals surface area contributed by atoms with Gasteiger partial charge in [0.05, 0.1) is 12.2 Å². The van der Waals surface area contributed by atoms with Gasteiger partial charge < -0.3 is 15.2 Å². The molecule has 13 heavy (non-hydrogen) atoms. The molecule has 0 amide bonds. The molecule has 2 N–H and O–H groups in total. The number of aliphatic hydroxyl groups excluding tert-OH is 1. The molecule has 2 heterocycles. The van der Waals surface area contributed by atoms with Gasteiger partial charge in [-0.05, 0) is 38.6 Å². The first-order valence-corrected chi connectivity index (χ1v) is 5.40. The molecule has 0 saturated carbocycles. The molecule has 3 heteroatoms. The van der Waals surface area contributed by atoms with Crippen LogP contribution in [-0.4, -0.2) is 36.5 Å². The van der Waals surface area contributed by atoms with Gasteiger partial charge in [0.2, 0.25) is 0 Å². The average Bonchev–Trinajstić information content (AvgIpc) is 2.73. The van der Waals surface area contributed by atoms with Crippen molar-refractivity contribution in [3.63, 3.8) is 0 Å². The van der Waals surface area contributed by atoms with E-state index < -0.39 is 0 Å². The van der Waals surface area contributed by atoms with Crippen LogP contribution in [0.4, 0.5) is 0 Å². The molecule has 0 radical (unpaired) electrons. The fourth-order valence-electron chi connectivity index (χ4n) is 2.38. The van der Waals surface area contributed by atoms with Gasteiger partial charge in [0.1, 0.15) is 0 Å². The van der Waals surface area contributed by atoms with E-state index >= 15 is 0 Å². The highest BCUT2D eigenvalue weighted by Gasteiger charge is 2.40. The molecule has 0 aliphatic carbocycles. The van der Waals surface area contributed by atoms with E-state index in [0.29, 0.717) is 24.9 Å². The largest absolute Gasteiger partial charge is 0.396 e. The second-order valence-electron chi connectivity index (χ2n) is 4.10. The van der Waals surface area contributed by atoms with Gasteiger partial charge in [0, 0.05) is 12.6 Å². The van der Waals surface area contributed by atoms with E-state index in [0.717, 1.165) is 19.4 Å².